The van der Waals surface area contributed by atoms with Gasteiger partial charge in [0.15, 0.2) is 5.76 Å². The second-order valence-corrected chi connectivity index (χ2v) is 9.99. The lowest BCUT2D eigenvalue weighted by atomic mass is 9.97. The van der Waals surface area contributed by atoms with E-state index in [1.807, 2.05) is 4.72 Å². The standard InChI is InChI=1S/C23H18Cl2N2O6S/c1-23(2,29)21(28)20-19(27-34(30,31)32)16-11-15(12-7-9-13(24)10-8-12)18(26-22(16)33-20)14-5-3-4-6-17(14)25/h3-11,27,29H,1-2H3,(H,30,31,32). The van der Waals surface area contributed by atoms with Crippen LogP contribution in [0, 0.1) is 0 Å². The topological polar surface area (TPSA) is 130 Å². The minimum absolute atomic E-state index is 0.0889. The number of benzene rings is 2. The maximum atomic E-state index is 12.8. The van der Waals surface area contributed by atoms with E-state index in [2.05, 4.69) is 4.98 Å². The minimum atomic E-state index is -4.80. The SMILES string of the molecule is CC(C)(O)C(=O)c1oc2nc(-c3ccccc3Cl)c(-c3ccc(Cl)cc3)cc2c1NS(=O)(=O)O. The largest absolute Gasteiger partial charge is 0.432 e. The molecule has 2 aromatic carbocycles. The summed E-state index contributed by atoms with van der Waals surface area (Å²) >= 11 is 12.5. The fourth-order valence-electron chi connectivity index (χ4n) is 3.40. The number of aliphatic hydroxyl groups is 1. The van der Waals surface area contributed by atoms with E-state index in [0.29, 0.717) is 32.4 Å². The number of furan rings is 1. The normalized spacial score (nSPS) is 12.2. The summed E-state index contributed by atoms with van der Waals surface area (Å²) < 4.78 is 40.3. The number of pyridine rings is 1. The van der Waals surface area contributed by atoms with Crippen molar-refractivity contribution in [2.45, 2.75) is 19.4 Å². The van der Waals surface area contributed by atoms with E-state index in [0.717, 1.165) is 0 Å². The molecule has 0 fully saturated rings. The molecule has 0 aliphatic rings. The third-order valence-corrected chi connectivity index (χ3v) is 6.00. The molecule has 34 heavy (non-hydrogen) atoms. The van der Waals surface area contributed by atoms with Gasteiger partial charge in [0.1, 0.15) is 11.3 Å². The molecule has 0 radical (unpaired) electrons. The van der Waals surface area contributed by atoms with Crippen molar-refractivity contribution in [3.63, 3.8) is 0 Å². The van der Waals surface area contributed by atoms with Gasteiger partial charge < -0.3 is 9.52 Å². The van der Waals surface area contributed by atoms with Gasteiger partial charge in [-0.25, -0.2) is 4.98 Å². The lowest BCUT2D eigenvalue weighted by molar-refractivity contribution is 0.0462. The van der Waals surface area contributed by atoms with E-state index in [-0.39, 0.29) is 16.8 Å². The molecule has 0 aliphatic heterocycles. The quantitative estimate of drug-likeness (QED) is 0.221. The van der Waals surface area contributed by atoms with Crippen LogP contribution in [0.3, 0.4) is 0 Å². The molecule has 0 saturated carbocycles. The Labute approximate surface area is 205 Å². The van der Waals surface area contributed by atoms with Crippen LogP contribution in [0.1, 0.15) is 24.4 Å². The summed E-state index contributed by atoms with van der Waals surface area (Å²) in [6.07, 6.45) is 0. The van der Waals surface area contributed by atoms with Gasteiger partial charge in [-0.1, -0.05) is 53.5 Å². The Hall–Kier alpha value is -2.95. The molecule has 4 rings (SSSR count). The van der Waals surface area contributed by atoms with Crippen LogP contribution in [0.2, 0.25) is 10.0 Å². The van der Waals surface area contributed by atoms with Gasteiger partial charge in [-0.15, -0.1) is 0 Å². The zero-order valence-corrected chi connectivity index (χ0v) is 20.2. The number of carbonyl (C=O) groups is 1. The number of aromatic nitrogens is 1. The number of ketones is 1. The van der Waals surface area contributed by atoms with E-state index >= 15 is 0 Å². The minimum Gasteiger partial charge on any atom is -0.432 e. The van der Waals surface area contributed by atoms with Crippen molar-refractivity contribution in [1.82, 2.24) is 4.98 Å². The number of halogens is 2. The fourth-order valence-corrected chi connectivity index (χ4v) is 4.21. The summed E-state index contributed by atoms with van der Waals surface area (Å²) in [5.41, 5.74) is -0.193. The molecular weight excluding hydrogens is 503 g/mol. The Kier molecular flexibility index (Phi) is 6.17. The zero-order chi connectivity index (χ0) is 24.8. The van der Waals surface area contributed by atoms with Gasteiger partial charge in [0.25, 0.3) is 0 Å². The van der Waals surface area contributed by atoms with Crippen molar-refractivity contribution >= 4 is 56.1 Å². The molecule has 0 unspecified atom stereocenters. The highest BCUT2D eigenvalue weighted by Gasteiger charge is 2.34. The van der Waals surface area contributed by atoms with Crippen molar-refractivity contribution in [2.24, 2.45) is 0 Å². The van der Waals surface area contributed by atoms with Gasteiger partial charge in [-0.2, -0.15) is 8.42 Å². The molecule has 176 valence electrons. The van der Waals surface area contributed by atoms with Gasteiger partial charge in [-0.3, -0.25) is 14.1 Å². The van der Waals surface area contributed by atoms with Crippen LogP contribution in [-0.4, -0.2) is 34.4 Å². The molecule has 0 spiro atoms. The van der Waals surface area contributed by atoms with Gasteiger partial charge in [0, 0.05) is 21.2 Å². The number of nitrogens with zero attached hydrogens (tertiary/aromatic N) is 1. The molecule has 2 aromatic heterocycles. The Bertz CT molecular complexity index is 1520. The predicted octanol–water partition coefficient (Wildman–Crippen LogP) is 5.64. The average Bonchev–Trinajstić information content (AvgIpc) is 3.08. The first-order valence-electron chi connectivity index (χ1n) is 9.86. The summed E-state index contributed by atoms with van der Waals surface area (Å²) in [7, 11) is -4.80. The summed E-state index contributed by atoms with van der Waals surface area (Å²) in [6.45, 7) is 2.45. The van der Waals surface area contributed by atoms with Crippen LogP contribution < -0.4 is 4.72 Å². The van der Waals surface area contributed by atoms with Crippen LogP contribution in [0.25, 0.3) is 33.5 Å². The summed E-state index contributed by atoms with van der Waals surface area (Å²) in [4.78, 5) is 17.4. The Balaban J connectivity index is 2.10. The summed E-state index contributed by atoms with van der Waals surface area (Å²) in [5.74, 6) is -1.42. The number of fused-ring (bicyclic) bond motifs is 1. The van der Waals surface area contributed by atoms with Crippen molar-refractivity contribution in [1.29, 1.82) is 0 Å². The van der Waals surface area contributed by atoms with Crippen LogP contribution in [0.4, 0.5) is 5.69 Å². The predicted molar refractivity (Wildman–Crippen MR) is 131 cm³/mol. The first kappa shape index (κ1) is 24.2. The first-order valence-corrected chi connectivity index (χ1v) is 12.1. The van der Waals surface area contributed by atoms with Gasteiger partial charge >= 0.3 is 10.3 Å². The highest BCUT2D eigenvalue weighted by atomic mass is 35.5. The molecule has 0 bridgehead atoms. The van der Waals surface area contributed by atoms with Crippen molar-refractivity contribution in [3.05, 3.63) is 70.4 Å². The lowest BCUT2D eigenvalue weighted by Crippen LogP contribution is -2.31. The monoisotopic (exact) mass is 520 g/mol. The molecule has 4 aromatic rings. The smallest absolute Gasteiger partial charge is 0.357 e. The highest BCUT2D eigenvalue weighted by molar-refractivity contribution is 7.87. The van der Waals surface area contributed by atoms with Gasteiger partial charge in [0.05, 0.1) is 11.1 Å². The third-order valence-electron chi connectivity index (χ3n) is 4.96. The molecule has 0 saturated heterocycles. The molecule has 8 nitrogen and oxygen atoms in total. The van der Waals surface area contributed by atoms with Crippen molar-refractivity contribution < 1.29 is 27.3 Å². The van der Waals surface area contributed by atoms with Crippen LogP contribution >= 0.6 is 23.2 Å². The van der Waals surface area contributed by atoms with Crippen LogP contribution in [0.5, 0.6) is 0 Å². The second-order valence-electron chi connectivity index (χ2n) is 8.00. The zero-order valence-electron chi connectivity index (χ0n) is 17.8. The summed E-state index contributed by atoms with van der Waals surface area (Å²) in [6, 6.07) is 15.4. The highest BCUT2D eigenvalue weighted by Crippen LogP contribution is 2.41. The molecule has 0 atom stereocenters. The number of Topliss-reactive ketones (excluding diaryl/α,β-unsaturated/α-hetero) is 1. The first-order chi connectivity index (χ1) is 15.8. The van der Waals surface area contributed by atoms with E-state index < -0.39 is 27.4 Å². The Morgan fingerprint density at radius 2 is 1.71 bits per heavy atom. The maximum Gasteiger partial charge on any atom is 0.357 e. The number of hydrogen-bond acceptors (Lipinski definition) is 6. The van der Waals surface area contributed by atoms with Crippen LogP contribution in [-0.2, 0) is 10.3 Å². The number of anilines is 1. The number of rotatable bonds is 6. The molecular formula is C23H18Cl2N2O6S. The maximum absolute atomic E-state index is 12.8. The van der Waals surface area contributed by atoms with E-state index in [4.69, 9.17) is 27.6 Å². The summed E-state index contributed by atoms with van der Waals surface area (Å²) in [5, 5.41) is 11.2. The number of nitrogens with one attached hydrogen (secondary N) is 1. The number of hydrogen-bond donors (Lipinski definition) is 3. The molecule has 3 N–H and O–H groups in total. The molecule has 2 heterocycles. The fraction of sp³-hybridized carbons (Fsp3) is 0.130. The Morgan fingerprint density at radius 3 is 2.29 bits per heavy atom. The van der Waals surface area contributed by atoms with Crippen molar-refractivity contribution in [3.8, 4) is 22.4 Å². The lowest BCUT2D eigenvalue weighted by Gasteiger charge is -2.14. The third kappa shape index (κ3) is 4.79. The second kappa shape index (κ2) is 8.68. The van der Waals surface area contributed by atoms with E-state index in [1.165, 1.54) is 13.8 Å². The van der Waals surface area contributed by atoms with E-state index in [9.17, 15) is 22.9 Å². The molecule has 11 heteroatoms. The Morgan fingerprint density at radius 1 is 1.06 bits per heavy atom. The molecule has 0 amide bonds. The molecule has 0 aliphatic carbocycles. The van der Waals surface area contributed by atoms with Gasteiger partial charge in [-0.05, 0) is 43.7 Å². The van der Waals surface area contributed by atoms with Crippen molar-refractivity contribution in [2.75, 3.05) is 4.72 Å². The van der Waals surface area contributed by atoms with Gasteiger partial charge in [0.2, 0.25) is 11.5 Å². The average molecular weight is 521 g/mol. The van der Waals surface area contributed by atoms with E-state index in [1.54, 1.807) is 54.6 Å². The number of carbonyl (C=O) groups excluding carboxylic acids is 1. The van der Waals surface area contributed by atoms with Crippen LogP contribution in [0.15, 0.2) is 59.0 Å².